The van der Waals surface area contributed by atoms with Gasteiger partial charge in [-0.05, 0) is 41.8 Å². The van der Waals surface area contributed by atoms with Crippen molar-refractivity contribution in [3.63, 3.8) is 0 Å². The minimum Gasteiger partial charge on any atom is -0.298 e. The summed E-state index contributed by atoms with van der Waals surface area (Å²) in [5.41, 5.74) is 4.14. The molecule has 0 amide bonds. The average Bonchev–Trinajstić information content (AvgIpc) is 2.29. The van der Waals surface area contributed by atoms with Crippen molar-refractivity contribution in [3.05, 3.63) is 58.1 Å². The van der Waals surface area contributed by atoms with Gasteiger partial charge in [-0.1, -0.05) is 40.2 Å². The predicted octanol–water partition coefficient (Wildman–Crippen LogP) is 4.24. The molecule has 2 heteroatoms. The van der Waals surface area contributed by atoms with E-state index in [0.717, 1.165) is 21.9 Å². The van der Waals surface area contributed by atoms with Crippen LogP contribution in [0.25, 0.3) is 11.1 Å². The van der Waals surface area contributed by atoms with Crippen molar-refractivity contribution in [1.29, 1.82) is 0 Å². The van der Waals surface area contributed by atoms with Crippen LogP contribution in [0.1, 0.15) is 15.9 Å². The first-order valence-electron chi connectivity index (χ1n) is 5.02. The van der Waals surface area contributed by atoms with Crippen molar-refractivity contribution >= 4 is 22.2 Å². The lowest BCUT2D eigenvalue weighted by atomic mass is 9.99. The molecule has 2 rings (SSSR count). The molecule has 1 nitrogen and oxygen atoms in total. The Labute approximate surface area is 103 Å². The van der Waals surface area contributed by atoms with Gasteiger partial charge in [-0.3, -0.25) is 4.79 Å². The third-order valence-corrected chi connectivity index (χ3v) is 3.02. The molecule has 2 aromatic rings. The van der Waals surface area contributed by atoms with Gasteiger partial charge < -0.3 is 0 Å². The molecule has 0 N–H and O–H groups in total. The van der Waals surface area contributed by atoms with Gasteiger partial charge in [0.25, 0.3) is 0 Å². The Bertz CT molecular complexity index is 532. The van der Waals surface area contributed by atoms with Gasteiger partial charge in [0.1, 0.15) is 6.29 Å². The summed E-state index contributed by atoms with van der Waals surface area (Å²) in [6, 6.07) is 13.8. The van der Waals surface area contributed by atoms with Crippen LogP contribution >= 0.6 is 15.9 Å². The normalized spacial score (nSPS) is 10.1. The maximum atomic E-state index is 10.7. The Hall–Kier alpha value is -1.41. The molecule has 0 saturated heterocycles. The molecular weight excluding hydrogens is 264 g/mol. The van der Waals surface area contributed by atoms with Crippen molar-refractivity contribution in [2.75, 3.05) is 0 Å². The van der Waals surface area contributed by atoms with Gasteiger partial charge >= 0.3 is 0 Å². The van der Waals surface area contributed by atoms with Crippen LogP contribution in [-0.2, 0) is 0 Å². The highest BCUT2D eigenvalue weighted by Gasteiger charge is 2.02. The van der Waals surface area contributed by atoms with Crippen LogP contribution < -0.4 is 0 Å². The molecular formula is C14H11BrO. The van der Waals surface area contributed by atoms with Crippen LogP contribution in [0.5, 0.6) is 0 Å². The Kier molecular flexibility index (Phi) is 3.20. The smallest absolute Gasteiger partial charge is 0.150 e. The number of carbonyl (C=O) groups excluding carboxylic acids is 1. The van der Waals surface area contributed by atoms with E-state index in [9.17, 15) is 4.79 Å². The SMILES string of the molecule is Cc1cc(Br)ccc1-c1cccc(C=O)c1. The summed E-state index contributed by atoms with van der Waals surface area (Å²) in [5.74, 6) is 0. The number of carbonyl (C=O) groups is 1. The molecule has 0 aliphatic rings. The van der Waals surface area contributed by atoms with Crippen LogP contribution in [0.4, 0.5) is 0 Å². The summed E-state index contributed by atoms with van der Waals surface area (Å²) in [4.78, 5) is 10.7. The van der Waals surface area contributed by atoms with Crippen LogP contribution in [0, 0.1) is 6.92 Å². The fourth-order valence-electron chi connectivity index (χ4n) is 1.73. The first-order chi connectivity index (χ1) is 7.70. The van der Waals surface area contributed by atoms with Gasteiger partial charge in [0.2, 0.25) is 0 Å². The quantitative estimate of drug-likeness (QED) is 0.749. The highest BCUT2D eigenvalue weighted by molar-refractivity contribution is 9.10. The Morgan fingerprint density at radius 2 is 1.94 bits per heavy atom. The van der Waals surface area contributed by atoms with E-state index in [-0.39, 0.29) is 0 Å². The van der Waals surface area contributed by atoms with E-state index in [1.54, 1.807) is 0 Å². The number of benzene rings is 2. The van der Waals surface area contributed by atoms with Gasteiger partial charge in [-0.15, -0.1) is 0 Å². The van der Waals surface area contributed by atoms with Gasteiger partial charge in [0, 0.05) is 10.0 Å². The number of aryl methyl sites for hydroxylation is 1. The average molecular weight is 275 g/mol. The second-order valence-corrected chi connectivity index (χ2v) is 4.62. The van der Waals surface area contributed by atoms with Crippen molar-refractivity contribution in [2.24, 2.45) is 0 Å². The zero-order valence-electron chi connectivity index (χ0n) is 8.91. The number of hydrogen-bond acceptors (Lipinski definition) is 1. The van der Waals surface area contributed by atoms with Gasteiger partial charge in [-0.25, -0.2) is 0 Å². The van der Waals surface area contributed by atoms with Crippen LogP contribution in [-0.4, -0.2) is 6.29 Å². The third-order valence-electron chi connectivity index (χ3n) is 2.52. The molecule has 0 atom stereocenters. The molecule has 0 bridgehead atoms. The molecule has 0 aromatic heterocycles. The Morgan fingerprint density at radius 3 is 2.62 bits per heavy atom. The zero-order chi connectivity index (χ0) is 11.5. The summed E-state index contributed by atoms with van der Waals surface area (Å²) >= 11 is 3.44. The highest BCUT2D eigenvalue weighted by Crippen LogP contribution is 2.26. The molecule has 80 valence electrons. The van der Waals surface area contributed by atoms with E-state index >= 15 is 0 Å². The molecule has 0 radical (unpaired) electrons. The fraction of sp³-hybridized carbons (Fsp3) is 0.0714. The number of hydrogen-bond donors (Lipinski definition) is 0. The van der Waals surface area contributed by atoms with Gasteiger partial charge in [-0.2, -0.15) is 0 Å². The molecule has 0 aliphatic heterocycles. The summed E-state index contributed by atoms with van der Waals surface area (Å²) in [6.45, 7) is 2.06. The van der Waals surface area contributed by atoms with Crippen LogP contribution in [0.3, 0.4) is 0 Å². The van der Waals surface area contributed by atoms with E-state index in [1.807, 2.05) is 30.3 Å². The van der Waals surface area contributed by atoms with Crippen LogP contribution in [0.2, 0.25) is 0 Å². The summed E-state index contributed by atoms with van der Waals surface area (Å²) in [7, 11) is 0. The summed E-state index contributed by atoms with van der Waals surface area (Å²) < 4.78 is 1.07. The van der Waals surface area contributed by atoms with Gasteiger partial charge in [0.05, 0.1) is 0 Å². The topological polar surface area (TPSA) is 17.1 Å². The third kappa shape index (κ3) is 2.22. The number of halogens is 1. The fourth-order valence-corrected chi connectivity index (χ4v) is 2.21. The molecule has 0 spiro atoms. The van der Waals surface area contributed by atoms with Crippen molar-refractivity contribution < 1.29 is 4.79 Å². The summed E-state index contributed by atoms with van der Waals surface area (Å²) in [6.07, 6.45) is 0.873. The number of rotatable bonds is 2. The lowest BCUT2D eigenvalue weighted by Crippen LogP contribution is -1.85. The number of aldehydes is 1. The maximum absolute atomic E-state index is 10.7. The Balaban J connectivity index is 2.53. The molecule has 0 fully saturated rings. The second kappa shape index (κ2) is 4.62. The minimum atomic E-state index is 0.708. The summed E-state index contributed by atoms with van der Waals surface area (Å²) in [5, 5.41) is 0. The lowest BCUT2D eigenvalue weighted by molar-refractivity contribution is 0.112. The minimum absolute atomic E-state index is 0.708. The zero-order valence-corrected chi connectivity index (χ0v) is 10.5. The van der Waals surface area contributed by atoms with E-state index < -0.39 is 0 Å². The van der Waals surface area contributed by atoms with Crippen molar-refractivity contribution in [1.82, 2.24) is 0 Å². The first-order valence-corrected chi connectivity index (χ1v) is 5.82. The molecule has 0 heterocycles. The van der Waals surface area contributed by atoms with E-state index in [1.165, 1.54) is 5.56 Å². The van der Waals surface area contributed by atoms with Gasteiger partial charge in [0.15, 0.2) is 0 Å². The highest BCUT2D eigenvalue weighted by atomic mass is 79.9. The largest absolute Gasteiger partial charge is 0.298 e. The molecule has 2 aromatic carbocycles. The monoisotopic (exact) mass is 274 g/mol. The van der Waals surface area contributed by atoms with Crippen LogP contribution in [0.15, 0.2) is 46.9 Å². The second-order valence-electron chi connectivity index (χ2n) is 3.70. The maximum Gasteiger partial charge on any atom is 0.150 e. The first kappa shape index (κ1) is 11.1. The Morgan fingerprint density at radius 1 is 1.12 bits per heavy atom. The molecule has 0 aliphatic carbocycles. The molecule has 0 saturated carbocycles. The molecule has 16 heavy (non-hydrogen) atoms. The molecule has 0 unspecified atom stereocenters. The standard InChI is InChI=1S/C14H11BrO/c1-10-7-13(15)5-6-14(10)12-4-2-3-11(8-12)9-16/h2-9H,1H3. The van der Waals surface area contributed by atoms with E-state index in [2.05, 4.69) is 35.0 Å². The van der Waals surface area contributed by atoms with E-state index in [4.69, 9.17) is 0 Å². The van der Waals surface area contributed by atoms with Crippen molar-refractivity contribution in [2.45, 2.75) is 6.92 Å². The predicted molar refractivity (Wildman–Crippen MR) is 69.7 cm³/mol. The van der Waals surface area contributed by atoms with E-state index in [0.29, 0.717) is 5.56 Å². The van der Waals surface area contributed by atoms with Crippen molar-refractivity contribution in [3.8, 4) is 11.1 Å². The lowest BCUT2D eigenvalue weighted by Gasteiger charge is -2.06.